The molecule has 14 heteroatoms. The van der Waals surface area contributed by atoms with Crippen LogP contribution in [-0.4, -0.2) is 118 Å². The summed E-state index contributed by atoms with van der Waals surface area (Å²) in [6, 6.07) is 13.1. The largest absolute Gasteiger partial charge is 0.467 e. The van der Waals surface area contributed by atoms with Crippen LogP contribution in [0.15, 0.2) is 54.6 Å². The van der Waals surface area contributed by atoms with Crippen LogP contribution in [0, 0.1) is 5.92 Å². The second-order valence-corrected chi connectivity index (χ2v) is 15.9. The van der Waals surface area contributed by atoms with Gasteiger partial charge in [0.25, 0.3) is 23.6 Å². The maximum Gasteiger partial charge on any atom is 0.333 e. The number of nitrogens with zero attached hydrogens (tertiary/aromatic N) is 5. The Hall–Kier alpha value is -4.82. The highest BCUT2D eigenvalue weighted by atomic mass is 16.5. The number of likely N-dealkylation sites (N-methyl/N-ethyl adjacent to an activating group) is 1. The quantitative estimate of drug-likeness (QED) is 0.103. The van der Waals surface area contributed by atoms with Crippen LogP contribution in [0.3, 0.4) is 0 Å². The van der Waals surface area contributed by atoms with E-state index in [9.17, 15) is 33.9 Å². The Morgan fingerprint density at radius 3 is 1.93 bits per heavy atom. The van der Waals surface area contributed by atoms with E-state index in [2.05, 4.69) is 44.8 Å². The van der Waals surface area contributed by atoms with Gasteiger partial charge in [-0.2, -0.15) is 0 Å². The minimum Gasteiger partial charge on any atom is -0.467 e. The smallest absolute Gasteiger partial charge is 0.333 e. The molecule has 322 valence electrons. The van der Waals surface area contributed by atoms with Crippen LogP contribution >= 0.6 is 0 Å². The van der Waals surface area contributed by atoms with Gasteiger partial charge in [-0.15, -0.1) is 10.2 Å². The monoisotopic (exact) mass is 809 g/mol. The van der Waals surface area contributed by atoms with Crippen LogP contribution in [0.1, 0.15) is 122 Å². The van der Waals surface area contributed by atoms with Crippen LogP contribution in [0.4, 0.5) is 0 Å². The van der Waals surface area contributed by atoms with Gasteiger partial charge in [-0.1, -0.05) is 104 Å². The average molecular weight is 809 g/mol. The number of methoxy groups -OCH3 is 1. The molecule has 0 radical (unpaired) electrons. The third-order valence-corrected chi connectivity index (χ3v) is 10.0. The van der Waals surface area contributed by atoms with E-state index in [0.717, 1.165) is 59.0 Å². The Labute approximate surface area is 345 Å². The van der Waals surface area contributed by atoms with Gasteiger partial charge in [-0.3, -0.25) is 24.0 Å². The van der Waals surface area contributed by atoms with Gasteiger partial charge in [0.1, 0.15) is 6.04 Å². The standard InChI is InChI=1S/C44H68N6O8/c1-11-38(52)49(46(9)42(56)36(30-33-20-16-14-17-21-33)45-41(55)34-24-26-35(27-25-34)44(6,7)8)50(40(54)28-23-32(4)5)48(37(31-51)43(57)58-10)39(53)22-18-15-19-29-47(12-2)13-3/h14,16-17,20-21,24-27,32,36-37,51H,11-13,15,18-19,22-23,28-31H2,1-10H3,(H,45,55)/t36-,37-/m0/s1. The number of nitrogens with one attached hydrogen (secondary N) is 1. The maximum atomic E-state index is 14.8. The first-order valence-electron chi connectivity index (χ1n) is 20.6. The molecule has 0 aliphatic rings. The Kier molecular flexibility index (Phi) is 20.6. The lowest BCUT2D eigenvalue weighted by atomic mass is 9.86. The topological polar surface area (TPSA) is 160 Å². The van der Waals surface area contributed by atoms with Crippen LogP contribution in [0.2, 0.25) is 0 Å². The first-order valence-corrected chi connectivity index (χ1v) is 20.6. The maximum absolute atomic E-state index is 14.8. The number of aliphatic hydroxyl groups is 1. The zero-order chi connectivity index (χ0) is 43.6. The van der Waals surface area contributed by atoms with Crippen molar-refractivity contribution in [3.63, 3.8) is 0 Å². The minimum absolute atomic E-state index is 0.0167. The van der Waals surface area contributed by atoms with E-state index in [0.29, 0.717) is 30.4 Å². The average Bonchev–Trinajstić information content (AvgIpc) is 3.21. The van der Waals surface area contributed by atoms with E-state index in [4.69, 9.17) is 4.74 Å². The second-order valence-electron chi connectivity index (χ2n) is 15.9. The van der Waals surface area contributed by atoms with Gasteiger partial charge in [-0.25, -0.2) is 14.8 Å². The van der Waals surface area contributed by atoms with Crippen molar-refractivity contribution >= 4 is 35.5 Å². The van der Waals surface area contributed by atoms with Gasteiger partial charge >= 0.3 is 5.97 Å². The number of benzene rings is 2. The molecule has 0 aliphatic carbocycles. The normalized spacial score (nSPS) is 12.4. The molecule has 2 aromatic carbocycles. The highest BCUT2D eigenvalue weighted by molar-refractivity contribution is 5.98. The predicted octanol–water partition coefficient (Wildman–Crippen LogP) is 5.30. The molecule has 14 nitrogen and oxygen atoms in total. The van der Waals surface area contributed by atoms with Crippen molar-refractivity contribution in [3.8, 4) is 0 Å². The lowest BCUT2D eigenvalue weighted by Gasteiger charge is -2.46. The predicted molar refractivity (Wildman–Crippen MR) is 223 cm³/mol. The summed E-state index contributed by atoms with van der Waals surface area (Å²) < 4.78 is 4.98. The number of hydrogen-bond acceptors (Lipinski definition) is 9. The highest BCUT2D eigenvalue weighted by Gasteiger charge is 2.44. The van der Waals surface area contributed by atoms with Crippen LogP contribution in [0.5, 0.6) is 0 Å². The van der Waals surface area contributed by atoms with E-state index < -0.39 is 54.2 Å². The lowest BCUT2D eigenvalue weighted by molar-refractivity contribution is -0.256. The lowest BCUT2D eigenvalue weighted by Crippen LogP contribution is -2.70. The van der Waals surface area contributed by atoms with Crippen LogP contribution < -0.4 is 5.32 Å². The summed E-state index contributed by atoms with van der Waals surface area (Å²) >= 11 is 0. The number of hydrazine groups is 3. The molecule has 0 heterocycles. The first-order chi connectivity index (χ1) is 27.4. The molecule has 0 aliphatic heterocycles. The van der Waals surface area contributed by atoms with Gasteiger partial charge in [0.05, 0.1) is 13.7 Å². The van der Waals surface area contributed by atoms with E-state index in [-0.39, 0.29) is 37.0 Å². The van der Waals surface area contributed by atoms with Crippen LogP contribution in [0.25, 0.3) is 0 Å². The van der Waals surface area contributed by atoms with E-state index in [1.165, 1.54) is 14.0 Å². The molecule has 0 saturated heterocycles. The summed E-state index contributed by atoms with van der Waals surface area (Å²) in [6.07, 6.45) is 1.69. The number of hydrogen-bond donors (Lipinski definition) is 2. The second kappa shape index (κ2) is 24.2. The fraction of sp³-hybridized carbons (Fsp3) is 0.591. The van der Waals surface area contributed by atoms with E-state index >= 15 is 0 Å². The number of esters is 1. The van der Waals surface area contributed by atoms with Gasteiger partial charge < -0.3 is 20.1 Å². The van der Waals surface area contributed by atoms with Gasteiger partial charge in [0, 0.05) is 38.3 Å². The van der Waals surface area contributed by atoms with Gasteiger partial charge in [-0.05, 0) is 73.5 Å². The molecular weight excluding hydrogens is 741 g/mol. The molecule has 2 N–H and O–H groups in total. The molecule has 0 aromatic heterocycles. The Balaban J connectivity index is 2.70. The molecule has 58 heavy (non-hydrogen) atoms. The van der Waals surface area contributed by atoms with Crippen molar-refractivity contribution in [2.24, 2.45) is 5.92 Å². The summed E-state index contributed by atoms with van der Waals surface area (Å²) in [6.45, 7) is 17.3. The summed E-state index contributed by atoms with van der Waals surface area (Å²) in [5.74, 6) is -4.58. The number of unbranched alkanes of at least 4 members (excludes halogenated alkanes) is 2. The van der Waals surface area contributed by atoms with E-state index in [1.54, 1.807) is 36.4 Å². The first kappa shape index (κ1) is 49.3. The summed E-state index contributed by atoms with van der Waals surface area (Å²) in [5.41, 5.74) is 1.88. The van der Waals surface area contributed by atoms with Crippen molar-refractivity contribution in [1.29, 1.82) is 0 Å². The zero-order valence-electron chi connectivity index (χ0n) is 36.5. The number of carbonyl (C=O) groups is 6. The van der Waals surface area contributed by atoms with Crippen molar-refractivity contribution in [2.45, 2.75) is 124 Å². The number of amides is 5. The number of ether oxygens (including phenoxy) is 1. The molecule has 2 rings (SSSR count). The van der Waals surface area contributed by atoms with E-state index in [1.807, 2.05) is 32.0 Å². The summed E-state index contributed by atoms with van der Waals surface area (Å²) in [4.78, 5) is 86.9. The summed E-state index contributed by atoms with van der Waals surface area (Å²) in [7, 11) is 2.35. The third kappa shape index (κ3) is 14.5. The number of carbonyl (C=O) groups excluding carboxylic acids is 6. The molecule has 0 spiro atoms. The molecular formula is C44H68N6O8. The van der Waals surface area contributed by atoms with Crippen molar-refractivity contribution in [1.82, 2.24) is 30.5 Å². The fourth-order valence-corrected chi connectivity index (χ4v) is 6.34. The molecule has 0 fully saturated rings. The zero-order valence-corrected chi connectivity index (χ0v) is 36.5. The fourth-order valence-electron chi connectivity index (χ4n) is 6.34. The molecule has 0 unspecified atom stereocenters. The van der Waals surface area contributed by atoms with Gasteiger partial charge in [0.2, 0.25) is 5.91 Å². The Morgan fingerprint density at radius 2 is 1.41 bits per heavy atom. The molecule has 2 aromatic rings. The highest BCUT2D eigenvalue weighted by Crippen LogP contribution is 2.24. The molecule has 2 atom stereocenters. The summed E-state index contributed by atoms with van der Waals surface area (Å²) in [5, 5.41) is 16.6. The molecule has 5 amide bonds. The van der Waals surface area contributed by atoms with Gasteiger partial charge in [0.15, 0.2) is 6.04 Å². The molecule has 0 bridgehead atoms. The third-order valence-electron chi connectivity index (χ3n) is 10.0. The number of rotatable bonds is 20. The van der Waals surface area contributed by atoms with Crippen molar-refractivity contribution in [2.75, 3.05) is 40.4 Å². The van der Waals surface area contributed by atoms with Crippen LogP contribution in [-0.2, 0) is 40.5 Å². The Morgan fingerprint density at radius 1 is 0.793 bits per heavy atom. The molecule has 0 saturated carbocycles. The van der Waals surface area contributed by atoms with Crippen molar-refractivity contribution in [3.05, 3.63) is 71.3 Å². The Bertz CT molecular complexity index is 1620. The SMILES string of the molecule is CCC(=O)N(N(C)C(=O)[C@H](Cc1ccccc1)NC(=O)c1ccc(C(C)(C)C)cc1)N(C(=O)CCC(C)C)N(C(=O)CCCCCN(CC)CC)[C@@H](CO)C(=O)OC. The minimum atomic E-state index is -1.73. The number of aliphatic hydroxyl groups excluding tert-OH is 1. The van der Waals surface area contributed by atoms with Crippen molar-refractivity contribution < 1.29 is 38.6 Å².